The molecule has 0 radical (unpaired) electrons. The molecule has 3 N–H and O–H groups in total. The van der Waals surface area contributed by atoms with Crippen molar-refractivity contribution in [3.63, 3.8) is 0 Å². The third-order valence-electron chi connectivity index (χ3n) is 3.14. The van der Waals surface area contributed by atoms with E-state index in [9.17, 15) is 16.8 Å². The maximum absolute atomic E-state index is 11.9. The molecule has 1 atom stereocenters. The van der Waals surface area contributed by atoms with Crippen LogP contribution in [0.3, 0.4) is 0 Å². The third kappa shape index (κ3) is 3.94. The molecule has 118 valence electrons. The lowest BCUT2D eigenvalue weighted by Crippen LogP contribution is -2.33. The minimum absolute atomic E-state index is 0.0224. The average Bonchev–Trinajstić information content (AvgIpc) is 2.37. The first-order chi connectivity index (χ1) is 9.73. The van der Waals surface area contributed by atoms with E-state index in [0.29, 0.717) is 30.8 Å². The summed E-state index contributed by atoms with van der Waals surface area (Å²) in [5.74, 6) is 0.493. The summed E-state index contributed by atoms with van der Waals surface area (Å²) in [4.78, 5) is -0.0635. The van der Waals surface area contributed by atoms with E-state index in [1.165, 1.54) is 18.2 Å². The van der Waals surface area contributed by atoms with Gasteiger partial charge in [-0.05, 0) is 24.6 Å². The molecular formula is C12H18N2O5S2. The number of fused-ring (bicyclic) bond motifs is 1. The van der Waals surface area contributed by atoms with E-state index in [0.717, 1.165) is 0 Å². The lowest BCUT2D eigenvalue weighted by molar-refractivity contribution is 0.262. The van der Waals surface area contributed by atoms with Crippen LogP contribution in [0.2, 0.25) is 0 Å². The molecule has 1 aliphatic heterocycles. The summed E-state index contributed by atoms with van der Waals surface area (Å²) >= 11 is 0. The van der Waals surface area contributed by atoms with Crippen LogP contribution in [-0.2, 0) is 20.0 Å². The second-order valence-electron chi connectivity index (χ2n) is 4.87. The first-order valence-electron chi connectivity index (χ1n) is 6.52. The van der Waals surface area contributed by atoms with Gasteiger partial charge >= 0.3 is 0 Å². The number of benzene rings is 1. The van der Waals surface area contributed by atoms with Gasteiger partial charge in [-0.1, -0.05) is 6.92 Å². The van der Waals surface area contributed by atoms with Crippen molar-refractivity contribution in [2.45, 2.75) is 30.7 Å². The van der Waals surface area contributed by atoms with Gasteiger partial charge in [-0.3, -0.25) is 0 Å². The monoisotopic (exact) mass is 334 g/mol. The van der Waals surface area contributed by atoms with Crippen LogP contribution in [0.4, 0.5) is 0 Å². The lowest BCUT2D eigenvalue weighted by Gasteiger charge is -2.26. The maximum atomic E-state index is 11.9. The van der Waals surface area contributed by atoms with Gasteiger partial charge in [-0.25, -0.2) is 26.7 Å². The molecule has 0 aromatic heterocycles. The summed E-state index contributed by atoms with van der Waals surface area (Å²) in [5, 5.41) is 5.10. The predicted molar refractivity (Wildman–Crippen MR) is 77.9 cm³/mol. The molecule has 2 rings (SSSR count). The minimum atomic E-state index is -3.85. The Morgan fingerprint density at radius 1 is 1.33 bits per heavy atom. The van der Waals surface area contributed by atoms with Gasteiger partial charge in [-0.2, -0.15) is 0 Å². The Labute approximate surface area is 124 Å². The highest BCUT2D eigenvalue weighted by Gasteiger charge is 2.26. The topological polar surface area (TPSA) is 116 Å². The zero-order valence-electron chi connectivity index (χ0n) is 11.6. The van der Waals surface area contributed by atoms with Crippen LogP contribution >= 0.6 is 0 Å². The molecule has 1 aromatic rings. The highest BCUT2D eigenvalue weighted by molar-refractivity contribution is 7.89. The van der Waals surface area contributed by atoms with E-state index >= 15 is 0 Å². The largest absolute Gasteiger partial charge is 0.493 e. The maximum Gasteiger partial charge on any atom is 0.238 e. The first-order valence-corrected chi connectivity index (χ1v) is 9.72. The van der Waals surface area contributed by atoms with Gasteiger partial charge in [0.05, 0.1) is 23.3 Å². The second-order valence-corrected chi connectivity index (χ2v) is 8.31. The molecule has 7 nitrogen and oxygen atoms in total. The Balaban J connectivity index is 2.38. The van der Waals surface area contributed by atoms with Gasteiger partial charge < -0.3 is 4.74 Å². The zero-order chi connectivity index (χ0) is 15.7. The Kier molecular flexibility index (Phi) is 4.57. The number of ether oxygens (including phenoxy) is 1. The quantitative estimate of drug-likeness (QED) is 0.813. The minimum Gasteiger partial charge on any atom is -0.493 e. The van der Waals surface area contributed by atoms with Crippen LogP contribution in [0.5, 0.6) is 5.75 Å². The number of rotatable bonds is 5. The molecule has 0 saturated carbocycles. The fourth-order valence-corrected chi connectivity index (χ4v) is 4.10. The second kappa shape index (κ2) is 5.91. The van der Waals surface area contributed by atoms with Crippen molar-refractivity contribution in [1.29, 1.82) is 0 Å². The lowest BCUT2D eigenvalue weighted by atomic mass is 10.0. The Hall–Kier alpha value is -1.16. The van der Waals surface area contributed by atoms with Crippen molar-refractivity contribution in [1.82, 2.24) is 4.72 Å². The third-order valence-corrected chi connectivity index (χ3v) is 5.64. The van der Waals surface area contributed by atoms with E-state index in [1.807, 2.05) is 0 Å². The van der Waals surface area contributed by atoms with Crippen LogP contribution in [0.25, 0.3) is 0 Å². The van der Waals surface area contributed by atoms with Crippen molar-refractivity contribution in [3.8, 4) is 5.75 Å². The van der Waals surface area contributed by atoms with Gasteiger partial charge in [-0.15, -0.1) is 0 Å². The number of nitrogens with one attached hydrogen (secondary N) is 1. The summed E-state index contributed by atoms with van der Waals surface area (Å²) < 4.78 is 54.6. The van der Waals surface area contributed by atoms with Gasteiger partial charge in [0.1, 0.15) is 5.75 Å². The van der Waals surface area contributed by atoms with Crippen molar-refractivity contribution < 1.29 is 21.6 Å². The normalized spacial score (nSPS) is 18.9. The molecule has 21 heavy (non-hydrogen) atoms. The summed E-state index contributed by atoms with van der Waals surface area (Å²) in [6.07, 6.45) is 0.937. The van der Waals surface area contributed by atoms with E-state index in [-0.39, 0.29) is 10.6 Å². The number of primary sulfonamides is 1. The zero-order valence-corrected chi connectivity index (χ0v) is 13.2. The van der Waals surface area contributed by atoms with Gasteiger partial charge in [0.15, 0.2) is 0 Å². The summed E-state index contributed by atoms with van der Waals surface area (Å²) in [7, 11) is -7.25. The van der Waals surface area contributed by atoms with E-state index in [2.05, 4.69) is 4.72 Å². The summed E-state index contributed by atoms with van der Waals surface area (Å²) in [6.45, 7) is 2.14. The average molecular weight is 334 g/mol. The van der Waals surface area contributed by atoms with E-state index in [1.54, 1.807) is 6.92 Å². The SMILES string of the molecule is CCCS(=O)(=O)NC1CCOc2ccc(S(N)(=O)=O)cc21. The standard InChI is InChI=1S/C12H18N2O5S2/c1-2-7-20(15,16)14-11-5-6-19-12-4-3-9(8-10(11)12)21(13,17)18/h3-4,8,11,14H,2,5-7H2,1H3,(H2,13,17,18). The predicted octanol–water partition coefficient (Wildman–Crippen LogP) is 0.487. The van der Waals surface area contributed by atoms with Gasteiger partial charge in [0, 0.05) is 12.0 Å². The molecule has 0 amide bonds. The molecule has 0 spiro atoms. The molecule has 0 aliphatic carbocycles. The summed E-state index contributed by atoms with van der Waals surface area (Å²) in [5.41, 5.74) is 0.493. The number of sulfonamides is 2. The van der Waals surface area contributed by atoms with Crippen molar-refractivity contribution in [3.05, 3.63) is 23.8 Å². The summed E-state index contributed by atoms with van der Waals surface area (Å²) in [6, 6.07) is 3.70. The molecule has 0 saturated heterocycles. The molecule has 0 bridgehead atoms. The molecule has 1 aromatic carbocycles. The Morgan fingerprint density at radius 3 is 2.67 bits per heavy atom. The first kappa shape index (κ1) is 16.2. The van der Waals surface area contributed by atoms with Crippen LogP contribution in [0.15, 0.2) is 23.1 Å². The van der Waals surface area contributed by atoms with Gasteiger partial charge in [0.25, 0.3) is 0 Å². The van der Waals surface area contributed by atoms with Crippen molar-refractivity contribution in [2.24, 2.45) is 5.14 Å². The van der Waals surface area contributed by atoms with Crippen LogP contribution < -0.4 is 14.6 Å². The van der Waals surface area contributed by atoms with Crippen molar-refractivity contribution >= 4 is 20.0 Å². The fraction of sp³-hybridized carbons (Fsp3) is 0.500. The number of hydrogen-bond donors (Lipinski definition) is 2. The highest BCUT2D eigenvalue weighted by Crippen LogP contribution is 2.34. The Bertz CT molecular complexity index is 728. The van der Waals surface area contributed by atoms with Gasteiger partial charge in [0.2, 0.25) is 20.0 Å². The molecule has 1 aliphatic rings. The van der Waals surface area contributed by atoms with E-state index < -0.39 is 26.1 Å². The van der Waals surface area contributed by atoms with Crippen LogP contribution in [0.1, 0.15) is 31.4 Å². The number of hydrogen-bond acceptors (Lipinski definition) is 5. The molecular weight excluding hydrogens is 316 g/mol. The molecule has 1 unspecified atom stereocenters. The van der Waals surface area contributed by atoms with E-state index in [4.69, 9.17) is 9.88 Å². The van der Waals surface area contributed by atoms with Crippen LogP contribution in [-0.4, -0.2) is 29.2 Å². The Morgan fingerprint density at radius 2 is 2.05 bits per heavy atom. The number of nitrogens with two attached hydrogens (primary N) is 1. The van der Waals surface area contributed by atoms with Crippen molar-refractivity contribution in [2.75, 3.05) is 12.4 Å². The van der Waals surface area contributed by atoms with Crippen LogP contribution in [0, 0.1) is 0 Å². The molecule has 9 heteroatoms. The highest BCUT2D eigenvalue weighted by atomic mass is 32.2. The molecule has 0 fully saturated rings. The smallest absolute Gasteiger partial charge is 0.238 e. The fourth-order valence-electron chi connectivity index (χ4n) is 2.22. The molecule has 1 heterocycles.